The van der Waals surface area contributed by atoms with Gasteiger partial charge in [-0.05, 0) is 17.7 Å². The van der Waals surface area contributed by atoms with Gasteiger partial charge in [0.15, 0.2) is 0 Å². The van der Waals surface area contributed by atoms with Gasteiger partial charge in [-0.2, -0.15) is 0 Å². The molecule has 2 aromatic rings. The fourth-order valence-electron chi connectivity index (χ4n) is 2.21. The number of rotatable bonds is 3. The van der Waals surface area contributed by atoms with Gasteiger partial charge in [-0.25, -0.2) is 0 Å². The van der Waals surface area contributed by atoms with Gasteiger partial charge in [0, 0.05) is 11.6 Å². The normalized spacial score (nSPS) is 15.8. The first-order chi connectivity index (χ1) is 10.6. The Hall–Kier alpha value is -1.97. The molecule has 3 nitrogen and oxygen atoms in total. The lowest BCUT2D eigenvalue weighted by Gasteiger charge is -2.20. The maximum Gasteiger partial charge on any atom is 0.317 e. The molecule has 112 valence electrons. The highest BCUT2D eigenvalue weighted by molar-refractivity contribution is 6.42. The van der Waals surface area contributed by atoms with Crippen molar-refractivity contribution in [3.8, 4) is 5.75 Å². The molecule has 0 spiro atoms. The van der Waals surface area contributed by atoms with E-state index in [4.69, 9.17) is 32.7 Å². The Labute approximate surface area is 138 Å². The highest BCUT2D eigenvalue weighted by atomic mass is 35.5. The highest BCUT2D eigenvalue weighted by Crippen LogP contribution is 2.38. The quantitative estimate of drug-likeness (QED) is 0.761. The first-order valence-electron chi connectivity index (χ1n) is 6.68. The zero-order valence-corrected chi connectivity index (χ0v) is 13.0. The topological polar surface area (TPSA) is 35.5 Å². The molecule has 1 atom stereocenters. The first-order valence-corrected chi connectivity index (χ1v) is 7.43. The molecule has 0 aromatic heterocycles. The summed E-state index contributed by atoms with van der Waals surface area (Å²) in [6, 6.07) is 12.7. The van der Waals surface area contributed by atoms with E-state index in [9.17, 15) is 4.79 Å². The zero-order chi connectivity index (χ0) is 15.5. The van der Waals surface area contributed by atoms with Crippen molar-refractivity contribution in [1.82, 2.24) is 0 Å². The summed E-state index contributed by atoms with van der Waals surface area (Å²) in [7, 11) is 0. The van der Waals surface area contributed by atoms with Crippen LogP contribution < -0.4 is 4.74 Å². The van der Waals surface area contributed by atoms with E-state index in [0.717, 1.165) is 5.56 Å². The summed E-state index contributed by atoms with van der Waals surface area (Å²) in [5.41, 5.74) is 1.58. The number of ether oxygens (including phenoxy) is 2. The minimum Gasteiger partial charge on any atom is -0.465 e. The summed E-state index contributed by atoms with van der Waals surface area (Å²) in [5.74, 6) is -0.399. The smallest absolute Gasteiger partial charge is 0.317 e. The van der Waals surface area contributed by atoms with E-state index in [1.807, 2.05) is 30.3 Å². The third-order valence-electron chi connectivity index (χ3n) is 3.33. The molecule has 1 unspecified atom stereocenters. The molecular weight excluding hydrogens is 323 g/mol. The largest absolute Gasteiger partial charge is 0.465 e. The second kappa shape index (κ2) is 6.42. The number of benzene rings is 2. The van der Waals surface area contributed by atoms with Crippen LogP contribution in [0.4, 0.5) is 0 Å². The molecule has 0 saturated heterocycles. The molecule has 5 heteroatoms. The maximum absolute atomic E-state index is 12.3. The van der Waals surface area contributed by atoms with Gasteiger partial charge in [-0.3, -0.25) is 4.79 Å². The molecule has 3 rings (SSSR count). The van der Waals surface area contributed by atoms with Gasteiger partial charge < -0.3 is 9.47 Å². The molecule has 0 bridgehead atoms. The van der Waals surface area contributed by atoms with Crippen LogP contribution in [0, 0.1) is 0 Å². The number of esters is 1. The third-order valence-corrected chi connectivity index (χ3v) is 4.05. The van der Waals surface area contributed by atoms with Crippen LogP contribution >= 0.6 is 23.2 Å². The minimum absolute atomic E-state index is 0.224. The van der Waals surface area contributed by atoms with Crippen molar-refractivity contribution in [2.75, 3.05) is 0 Å². The lowest BCUT2D eigenvalue weighted by atomic mass is 9.97. The number of halogens is 2. The Morgan fingerprint density at radius 1 is 1.14 bits per heavy atom. The standard InChI is InChI=1S/C17H12Cl2O3/c18-14-8-13-12(6-7-21-16(13)9-15(14)19)17(20)22-10-11-4-2-1-3-5-11/h1-9,12H,10H2. The molecular formula is C17H12Cl2O3. The molecule has 2 aromatic carbocycles. The zero-order valence-electron chi connectivity index (χ0n) is 11.5. The van der Waals surface area contributed by atoms with Gasteiger partial charge in [0.25, 0.3) is 0 Å². The van der Waals surface area contributed by atoms with Crippen LogP contribution in [0.3, 0.4) is 0 Å². The summed E-state index contributed by atoms with van der Waals surface area (Å²) in [5, 5.41) is 0.757. The van der Waals surface area contributed by atoms with E-state index in [1.54, 1.807) is 18.2 Å². The summed E-state index contributed by atoms with van der Waals surface area (Å²) >= 11 is 12.0. The van der Waals surface area contributed by atoms with Crippen LogP contribution in [0.1, 0.15) is 17.0 Å². The van der Waals surface area contributed by atoms with Gasteiger partial charge in [-0.1, -0.05) is 53.5 Å². The molecule has 1 aliphatic rings. The van der Waals surface area contributed by atoms with Crippen LogP contribution in [0.25, 0.3) is 0 Å². The average molecular weight is 335 g/mol. The van der Waals surface area contributed by atoms with Crippen LogP contribution in [-0.2, 0) is 16.1 Å². The van der Waals surface area contributed by atoms with Gasteiger partial charge in [0.1, 0.15) is 18.3 Å². The Balaban J connectivity index is 1.77. The molecule has 22 heavy (non-hydrogen) atoms. The SMILES string of the molecule is O=C(OCc1ccccc1)C1C=COc2cc(Cl)c(Cl)cc21. The Morgan fingerprint density at radius 2 is 1.86 bits per heavy atom. The molecule has 0 amide bonds. The van der Waals surface area contributed by atoms with Gasteiger partial charge in [0.05, 0.1) is 16.3 Å². The molecule has 0 radical (unpaired) electrons. The van der Waals surface area contributed by atoms with Crippen molar-refractivity contribution < 1.29 is 14.3 Å². The van der Waals surface area contributed by atoms with Crippen LogP contribution in [0.2, 0.25) is 10.0 Å². The fourth-order valence-corrected chi connectivity index (χ4v) is 2.53. The van der Waals surface area contributed by atoms with Crippen LogP contribution in [0.15, 0.2) is 54.8 Å². The number of hydrogen-bond acceptors (Lipinski definition) is 3. The van der Waals surface area contributed by atoms with E-state index >= 15 is 0 Å². The molecule has 0 fully saturated rings. The Kier molecular flexibility index (Phi) is 4.36. The van der Waals surface area contributed by atoms with Crippen molar-refractivity contribution in [3.05, 3.63) is 76.0 Å². The highest BCUT2D eigenvalue weighted by Gasteiger charge is 2.27. The number of carbonyl (C=O) groups excluding carboxylic acids is 1. The van der Waals surface area contributed by atoms with E-state index in [2.05, 4.69) is 0 Å². The summed E-state index contributed by atoms with van der Waals surface area (Å²) in [6.07, 6.45) is 3.10. The van der Waals surface area contributed by atoms with Crippen LogP contribution in [0.5, 0.6) is 5.75 Å². The summed E-state index contributed by atoms with van der Waals surface area (Å²) in [6.45, 7) is 0.224. The lowest BCUT2D eigenvalue weighted by molar-refractivity contribution is -0.145. The van der Waals surface area contributed by atoms with Crippen LogP contribution in [-0.4, -0.2) is 5.97 Å². The molecule has 0 N–H and O–H groups in total. The van der Waals surface area contributed by atoms with Crippen molar-refractivity contribution in [2.24, 2.45) is 0 Å². The van der Waals surface area contributed by atoms with Gasteiger partial charge >= 0.3 is 5.97 Å². The lowest BCUT2D eigenvalue weighted by Crippen LogP contribution is -2.17. The third kappa shape index (κ3) is 3.11. The minimum atomic E-state index is -0.553. The first kappa shape index (κ1) is 14.9. The monoisotopic (exact) mass is 334 g/mol. The number of hydrogen-bond donors (Lipinski definition) is 0. The average Bonchev–Trinajstić information content (AvgIpc) is 2.54. The number of fused-ring (bicyclic) bond motifs is 1. The molecule has 1 aliphatic heterocycles. The summed E-state index contributed by atoms with van der Waals surface area (Å²) < 4.78 is 10.7. The Bertz CT molecular complexity index is 726. The second-order valence-electron chi connectivity index (χ2n) is 4.82. The van der Waals surface area contributed by atoms with Gasteiger partial charge in [-0.15, -0.1) is 0 Å². The predicted molar refractivity (Wildman–Crippen MR) is 85.2 cm³/mol. The molecule has 1 heterocycles. The fraction of sp³-hybridized carbons (Fsp3) is 0.118. The van der Waals surface area contributed by atoms with Gasteiger partial charge in [0.2, 0.25) is 0 Å². The van der Waals surface area contributed by atoms with E-state index in [-0.39, 0.29) is 12.6 Å². The van der Waals surface area contributed by atoms with Crippen molar-refractivity contribution in [2.45, 2.75) is 12.5 Å². The second-order valence-corrected chi connectivity index (χ2v) is 5.64. The van der Waals surface area contributed by atoms with E-state index in [1.165, 1.54) is 6.26 Å². The number of carbonyl (C=O) groups is 1. The van der Waals surface area contributed by atoms with E-state index in [0.29, 0.717) is 21.4 Å². The van der Waals surface area contributed by atoms with E-state index < -0.39 is 5.92 Å². The summed E-state index contributed by atoms with van der Waals surface area (Å²) in [4.78, 5) is 12.3. The van der Waals surface area contributed by atoms with Crippen molar-refractivity contribution >= 4 is 29.2 Å². The van der Waals surface area contributed by atoms with Crippen molar-refractivity contribution in [1.29, 1.82) is 0 Å². The molecule has 0 aliphatic carbocycles. The Morgan fingerprint density at radius 3 is 2.64 bits per heavy atom. The van der Waals surface area contributed by atoms with Crippen molar-refractivity contribution in [3.63, 3.8) is 0 Å². The molecule has 0 saturated carbocycles. The maximum atomic E-state index is 12.3. The predicted octanol–water partition coefficient (Wildman–Crippen LogP) is 4.73.